The number of nitriles is 1. The van der Waals surface area contributed by atoms with E-state index in [1.54, 1.807) is 25.2 Å². The summed E-state index contributed by atoms with van der Waals surface area (Å²) < 4.78 is 0. The molecule has 0 radical (unpaired) electrons. The van der Waals surface area contributed by atoms with Gasteiger partial charge in [-0.05, 0) is 24.7 Å². The molecule has 0 heterocycles. The normalized spacial score (nSPS) is 12.1. The van der Waals surface area contributed by atoms with Crippen LogP contribution in [-0.2, 0) is 0 Å². The van der Waals surface area contributed by atoms with Crippen molar-refractivity contribution in [2.75, 3.05) is 13.6 Å². The summed E-state index contributed by atoms with van der Waals surface area (Å²) in [5, 5.41) is 21.1. The first-order valence-corrected chi connectivity index (χ1v) is 4.10. The third kappa shape index (κ3) is 2.55. The van der Waals surface area contributed by atoms with Crippen molar-refractivity contribution in [3.63, 3.8) is 0 Å². The molecule has 1 aromatic carbocycles. The van der Waals surface area contributed by atoms with Crippen molar-refractivity contribution >= 4 is 0 Å². The fourth-order valence-electron chi connectivity index (χ4n) is 1.13. The lowest BCUT2D eigenvalue weighted by molar-refractivity contribution is 0.178. The van der Waals surface area contributed by atoms with E-state index in [0.717, 1.165) is 5.56 Å². The molecule has 3 heteroatoms. The van der Waals surface area contributed by atoms with E-state index in [9.17, 15) is 5.11 Å². The van der Waals surface area contributed by atoms with Gasteiger partial charge >= 0.3 is 0 Å². The summed E-state index contributed by atoms with van der Waals surface area (Å²) in [5.74, 6) is 0. The second kappa shape index (κ2) is 4.61. The van der Waals surface area contributed by atoms with Crippen molar-refractivity contribution in [2.45, 2.75) is 6.10 Å². The fourth-order valence-corrected chi connectivity index (χ4v) is 1.13. The summed E-state index contributed by atoms with van der Waals surface area (Å²) >= 11 is 0. The Morgan fingerprint density at radius 1 is 1.62 bits per heavy atom. The maximum Gasteiger partial charge on any atom is 0.0991 e. The quantitative estimate of drug-likeness (QED) is 0.716. The molecule has 68 valence electrons. The first kappa shape index (κ1) is 9.72. The number of hydrogen-bond acceptors (Lipinski definition) is 3. The number of hydrogen-bond donors (Lipinski definition) is 2. The van der Waals surface area contributed by atoms with Gasteiger partial charge in [-0.15, -0.1) is 0 Å². The lowest BCUT2D eigenvalue weighted by atomic mass is 10.1. The first-order valence-electron chi connectivity index (χ1n) is 4.10. The maximum absolute atomic E-state index is 9.57. The van der Waals surface area contributed by atoms with Gasteiger partial charge in [0.2, 0.25) is 0 Å². The van der Waals surface area contributed by atoms with E-state index in [4.69, 9.17) is 5.26 Å². The summed E-state index contributed by atoms with van der Waals surface area (Å²) in [6.45, 7) is 0.495. The van der Waals surface area contributed by atoms with Crippen molar-refractivity contribution < 1.29 is 5.11 Å². The van der Waals surface area contributed by atoms with Crippen molar-refractivity contribution in [1.29, 1.82) is 5.26 Å². The third-order valence-corrected chi connectivity index (χ3v) is 1.80. The topological polar surface area (TPSA) is 56.0 Å². The Bertz CT molecular complexity index is 317. The van der Waals surface area contributed by atoms with E-state index in [2.05, 4.69) is 5.32 Å². The second-order valence-corrected chi connectivity index (χ2v) is 2.81. The molecule has 13 heavy (non-hydrogen) atoms. The van der Waals surface area contributed by atoms with Crippen LogP contribution in [0.5, 0.6) is 0 Å². The summed E-state index contributed by atoms with van der Waals surface area (Å²) in [6.07, 6.45) is -0.543. The molecule has 0 amide bonds. The van der Waals surface area contributed by atoms with Crippen LogP contribution in [0.25, 0.3) is 0 Å². The zero-order valence-electron chi connectivity index (χ0n) is 7.49. The Morgan fingerprint density at radius 3 is 3.00 bits per heavy atom. The van der Waals surface area contributed by atoms with Crippen molar-refractivity contribution in [2.24, 2.45) is 0 Å². The minimum absolute atomic E-state index is 0.495. The third-order valence-electron chi connectivity index (χ3n) is 1.80. The van der Waals surface area contributed by atoms with Crippen molar-refractivity contribution in [3.05, 3.63) is 35.4 Å². The standard InChI is InChI=1S/C10H12N2O/c1-12-7-10(13)9-4-2-3-8(5-9)6-11/h2-5,10,12-13H,7H2,1H3. The number of aliphatic hydroxyl groups excluding tert-OH is 1. The van der Waals surface area contributed by atoms with Gasteiger partial charge in [-0.25, -0.2) is 0 Å². The number of likely N-dealkylation sites (N-methyl/N-ethyl adjacent to an activating group) is 1. The summed E-state index contributed by atoms with van der Waals surface area (Å²) in [5.41, 5.74) is 1.35. The highest BCUT2D eigenvalue weighted by Gasteiger charge is 2.05. The molecule has 0 aliphatic rings. The number of rotatable bonds is 3. The molecule has 1 atom stereocenters. The predicted molar refractivity (Wildman–Crippen MR) is 50.0 cm³/mol. The average molecular weight is 176 g/mol. The molecule has 0 aliphatic heterocycles. The van der Waals surface area contributed by atoms with E-state index < -0.39 is 6.10 Å². The zero-order valence-corrected chi connectivity index (χ0v) is 7.49. The van der Waals surface area contributed by atoms with Gasteiger partial charge in [-0.3, -0.25) is 0 Å². The molecule has 0 saturated heterocycles. The highest BCUT2D eigenvalue weighted by Crippen LogP contribution is 2.12. The Balaban J connectivity index is 2.83. The van der Waals surface area contributed by atoms with Crippen molar-refractivity contribution in [1.82, 2.24) is 5.32 Å². The second-order valence-electron chi connectivity index (χ2n) is 2.81. The smallest absolute Gasteiger partial charge is 0.0991 e. The molecule has 0 saturated carbocycles. The highest BCUT2D eigenvalue weighted by molar-refractivity contribution is 5.33. The van der Waals surface area contributed by atoms with Crippen LogP contribution in [0.1, 0.15) is 17.2 Å². The van der Waals surface area contributed by atoms with Gasteiger partial charge in [-0.1, -0.05) is 12.1 Å². The number of nitrogens with zero attached hydrogens (tertiary/aromatic N) is 1. The maximum atomic E-state index is 9.57. The van der Waals surface area contributed by atoms with Gasteiger partial charge < -0.3 is 10.4 Å². The Morgan fingerprint density at radius 2 is 2.38 bits per heavy atom. The molecule has 1 unspecified atom stereocenters. The number of aliphatic hydroxyl groups is 1. The monoisotopic (exact) mass is 176 g/mol. The van der Waals surface area contributed by atoms with Gasteiger partial charge in [0.1, 0.15) is 0 Å². The van der Waals surface area contributed by atoms with E-state index in [1.165, 1.54) is 0 Å². The minimum Gasteiger partial charge on any atom is -0.387 e. The molecule has 3 nitrogen and oxygen atoms in total. The van der Waals surface area contributed by atoms with Crippen LogP contribution >= 0.6 is 0 Å². The molecule has 0 fully saturated rings. The van der Waals surface area contributed by atoms with Crippen LogP contribution < -0.4 is 5.32 Å². The summed E-state index contributed by atoms with van der Waals surface area (Å²) in [6, 6.07) is 9.03. The molecule has 0 aromatic heterocycles. The van der Waals surface area contributed by atoms with Crippen molar-refractivity contribution in [3.8, 4) is 6.07 Å². The number of nitrogens with one attached hydrogen (secondary N) is 1. The van der Waals surface area contributed by atoms with Gasteiger partial charge in [0, 0.05) is 6.54 Å². The summed E-state index contributed by atoms with van der Waals surface area (Å²) in [4.78, 5) is 0. The lowest BCUT2D eigenvalue weighted by Crippen LogP contribution is -2.16. The molecule has 2 N–H and O–H groups in total. The van der Waals surface area contributed by atoms with E-state index in [0.29, 0.717) is 12.1 Å². The van der Waals surface area contributed by atoms with Gasteiger partial charge in [0.25, 0.3) is 0 Å². The van der Waals surface area contributed by atoms with Crippen LogP contribution in [0.15, 0.2) is 24.3 Å². The van der Waals surface area contributed by atoms with Crippen LogP contribution in [0, 0.1) is 11.3 Å². The molecule has 0 bridgehead atoms. The largest absolute Gasteiger partial charge is 0.387 e. The Hall–Kier alpha value is -1.37. The van der Waals surface area contributed by atoms with Crippen LogP contribution in [0.2, 0.25) is 0 Å². The average Bonchev–Trinajstić information content (AvgIpc) is 2.18. The van der Waals surface area contributed by atoms with Gasteiger partial charge in [-0.2, -0.15) is 5.26 Å². The lowest BCUT2D eigenvalue weighted by Gasteiger charge is -2.09. The molecule has 1 aromatic rings. The van der Waals surface area contributed by atoms with E-state index >= 15 is 0 Å². The van der Waals surface area contributed by atoms with Crippen LogP contribution in [0.4, 0.5) is 0 Å². The highest BCUT2D eigenvalue weighted by atomic mass is 16.3. The van der Waals surface area contributed by atoms with E-state index in [-0.39, 0.29) is 0 Å². The molecular weight excluding hydrogens is 164 g/mol. The fraction of sp³-hybridized carbons (Fsp3) is 0.300. The number of benzene rings is 1. The Kier molecular flexibility index (Phi) is 3.44. The molecule has 1 rings (SSSR count). The van der Waals surface area contributed by atoms with Crippen LogP contribution in [-0.4, -0.2) is 18.7 Å². The molecule has 0 spiro atoms. The van der Waals surface area contributed by atoms with Gasteiger partial charge in [0.05, 0.1) is 17.7 Å². The van der Waals surface area contributed by atoms with Crippen LogP contribution in [0.3, 0.4) is 0 Å². The van der Waals surface area contributed by atoms with E-state index in [1.807, 2.05) is 12.1 Å². The van der Waals surface area contributed by atoms with Gasteiger partial charge in [0.15, 0.2) is 0 Å². The zero-order chi connectivity index (χ0) is 9.68. The predicted octanol–water partition coefficient (Wildman–Crippen LogP) is 0.811. The first-order chi connectivity index (χ1) is 6.27. The minimum atomic E-state index is -0.543. The molecular formula is C10H12N2O. The molecule has 0 aliphatic carbocycles. The summed E-state index contributed by atoms with van der Waals surface area (Å²) in [7, 11) is 1.78. The Labute approximate surface area is 77.6 Å². The SMILES string of the molecule is CNCC(O)c1cccc(C#N)c1.